The Bertz CT molecular complexity index is 839. The average Bonchev–Trinajstić information content (AvgIpc) is 3.24. The number of carbonyl (C=O) groups excluding carboxylic acids is 1. The molecule has 3 aliphatic heterocycles. The Hall–Kier alpha value is -1.17. The van der Waals surface area contributed by atoms with Crippen molar-refractivity contribution in [3.8, 4) is 0 Å². The van der Waals surface area contributed by atoms with E-state index in [4.69, 9.17) is 11.6 Å². The number of carbonyl (C=O) groups is 1. The summed E-state index contributed by atoms with van der Waals surface area (Å²) in [5, 5.41) is 4.13. The smallest absolute Gasteiger partial charge is 0.261 e. The van der Waals surface area contributed by atoms with Crippen LogP contribution in [0.2, 0.25) is 5.02 Å². The number of benzene rings is 1. The highest BCUT2D eigenvalue weighted by molar-refractivity contribution is 7.20. The van der Waals surface area contributed by atoms with E-state index < -0.39 is 5.82 Å². The molecule has 6 heteroatoms. The van der Waals surface area contributed by atoms with Gasteiger partial charge in [-0.1, -0.05) is 17.7 Å². The lowest BCUT2D eigenvalue weighted by atomic mass is 9.77. The molecule has 24 heavy (non-hydrogen) atoms. The van der Waals surface area contributed by atoms with Crippen LogP contribution in [0.3, 0.4) is 0 Å². The van der Waals surface area contributed by atoms with Gasteiger partial charge in [-0.3, -0.25) is 9.69 Å². The first-order chi connectivity index (χ1) is 11.6. The minimum absolute atomic E-state index is 0.0725. The molecule has 0 radical (unpaired) electrons. The number of nitrogens with one attached hydrogen (secondary N) is 1. The van der Waals surface area contributed by atoms with Crippen LogP contribution in [-0.2, 0) is 0 Å². The van der Waals surface area contributed by atoms with Crippen molar-refractivity contribution in [2.24, 2.45) is 5.92 Å². The lowest BCUT2D eigenvalue weighted by molar-refractivity contribution is -0.00138. The van der Waals surface area contributed by atoms with Crippen LogP contribution in [0.4, 0.5) is 4.39 Å². The maximum absolute atomic E-state index is 14.1. The minimum atomic E-state index is -0.431. The van der Waals surface area contributed by atoms with Gasteiger partial charge in [-0.25, -0.2) is 4.39 Å². The normalized spacial score (nSPS) is 30.0. The lowest BCUT2D eigenvalue weighted by Gasteiger charge is -2.52. The molecule has 1 amide bonds. The molecule has 1 aromatic carbocycles. The van der Waals surface area contributed by atoms with Crippen LogP contribution >= 0.6 is 22.9 Å². The first-order valence-corrected chi connectivity index (χ1v) is 9.71. The third kappa shape index (κ3) is 2.07. The number of halogens is 2. The summed E-state index contributed by atoms with van der Waals surface area (Å²) in [5.41, 5.74) is 0.210. The van der Waals surface area contributed by atoms with Crippen LogP contribution in [0.5, 0.6) is 0 Å². The number of piperidine rings is 3. The van der Waals surface area contributed by atoms with E-state index >= 15 is 0 Å². The molecule has 1 saturated carbocycles. The van der Waals surface area contributed by atoms with Gasteiger partial charge in [0.1, 0.15) is 0 Å². The van der Waals surface area contributed by atoms with Gasteiger partial charge in [0.05, 0.1) is 20.6 Å². The SMILES string of the molecule is O=C(N[C@H]1C2CCN(CC2)C12CC2)c1cc2ccc(Cl)c(F)c2s1. The van der Waals surface area contributed by atoms with Gasteiger partial charge in [0, 0.05) is 5.54 Å². The Balaban J connectivity index is 1.44. The highest BCUT2D eigenvalue weighted by Crippen LogP contribution is 2.53. The number of fused-ring (bicyclic) bond motifs is 3. The number of hydrogen-bond acceptors (Lipinski definition) is 3. The van der Waals surface area contributed by atoms with Crippen molar-refractivity contribution in [3.05, 3.63) is 33.9 Å². The highest BCUT2D eigenvalue weighted by Gasteiger charge is 2.60. The van der Waals surface area contributed by atoms with Gasteiger partial charge in [-0.05, 0) is 62.2 Å². The van der Waals surface area contributed by atoms with E-state index in [1.54, 1.807) is 18.2 Å². The molecule has 2 bridgehead atoms. The molecule has 1 spiro atoms. The van der Waals surface area contributed by atoms with E-state index in [9.17, 15) is 9.18 Å². The Morgan fingerprint density at radius 1 is 1.33 bits per heavy atom. The van der Waals surface area contributed by atoms with E-state index in [1.165, 1.54) is 50.1 Å². The van der Waals surface area contributed by atoms with E-state index in [0.717, 1.165) is 5.39 Å². The molecular formula is C18H18ClFN2OS. The van der Waals surface area contributed by atoms with Crippen molar-refractivity contribution >= 4 is 38.9 Å². The Morgan fingerprint density at radius 3 is 2.79 bits per heavy atom. The maximum atomic E-state index is 14.1. The second-order valence-corrected chi connectivity index (χ2v) is 8.73. The van der Waals surface area contributed by atoms with Crippen molar-refractivity contribution in [3.63, 3.8) is 0 Å². The van der Waals surface area contributed by atoms with Crippen molar-refractivity contribution in [1.29, 1.82) is 0 Å². The standard InChI is InChI=1S/C18H18ClFN2OS/c19-12-2-1-11-9-13(24-15(11)14(12)20)17(23)21-16-10-3-7-22(8-4-10)18(16)5-6-18/h1-2,9-10,16H,3-8H2,(H,21,23)/t16-/m0/s1. The third-order valence-corrected chi connectivity index (χ3v) is 7.51. The molecule has 1 atom stereocenters. The summed E-state index contributed by atoms with van der Waals surface area (Å²) < 4.78 is 14.6. The zero-order valence-corrected chi connectivity index (χ0v) is 14.7. The van der Waals surface area contributed by atoms with E-state index in [0.29, 0.717) is 15.5 Å². The Labute approximate surface area is 148 Å². The van der Waals surface area contributed by atoms with Crippen LogP contribution in [0, 0.1) is 11.7 Å². The first kappa shape index (κ1) is 15.1. The Morgan fingerprint density at radius 2 is 2.08 bits per heavy atom. The van der Waals surface area contributed by atoms with Gasteiger partial charge in [0.15, 0.2) is 5.82 Å². The predicted octanol–water partition coefficient (Wildman–Crippen LogP) is 4.05. The largest absolute Gasteiger partial charge is 0.346 e. The molecule has 3 nitrogen and oxygen atoms in total. The van der Waals surface area contributed by atoms with Gasteiger partial charge in [-0.15, -0.1) is 11.3 Å². The quantitative estimate of drug-likeness (QED) is 0.871. The third-order valence-electron chi connectivity index (χ3n) is 6.07. The molecule has 3 saturated heterocycles. The van der Waals surface area contributed by atoms with Crippen molar-refractivity contribution in [1.82, 2.24) is 10.2 Å². The summed E-state index contributed by atoms with van der Waals surface area (Å²) in [6, 6.07) is 5.33. The van der Waals surface area contributed by atoms with Crippen molar-refractivity contribution in [2.75, 3.05) is 13.1 Å². The molecular weight excluding hydrogens is 347 g/mol. The molecule has 2 aromatic rings. The molecule has 1 aliphatic carbocycles. The van der Waals surface area contributed by atoms with Gasteiger partial charge in [-0.2, -0.15) is 0 Å². The van der Waals surface area contributed by atoms with Crippen molar-refractivity contribution in [2.45, 2.75) is 37.3 Å². The number of amides is 1. The zero-order valence-electron chi connectivity index (χ0n) is 13.1. The number of thiophene rings is 1. The van der Waals surface area contributed by atoms with Crippen molar-refractivity contribution < 1.29 is 9.18 Å². The van der Waals surface area contributed by atoms with E-state index in [1.807, 2.05) is 0 Å². The van der Waals surface area contributed by atoms with Crippen LogP contribution in [0.1, 0.15) is 35.4 Å². The molecule has 4 aliphatic rings. The fraction of sp³-hybridized carbons (Fsp3) is 0.500. The number of nitrogens with zero attached hydrogens (tertiary/aromatic N) is 1. The summed E-state index contributed by atoms with van der Waals surface area (Å²) in [7, 11) is 0. The fourth-order valence-corrected chi connectivity index (χ4v) is 5.91. The fourth-order valence-electron chi connectivity index (χ4n) is 4.69. The predicted molar refractivity (Wildman–Crippen MR) is 94.3 cm³/mol. The van der Waals surface area contributed by atoms with Crippen LogP contribution < -0.4 is 5.32 Å². The van der Waals surface area contributed by atoms with Gasteiger partial charge < -0.3 is 5.32 Å². The summed E-state index contributed by atoms with van der Waals surface area (Å²) >= 11 is 7.04. The summed E-state index contributed by atoms with van der Waals surface area (Å²) in [6.45, 7) is 2.34. The molecule has 1 N–H and O–H groups in total. The molecule has 6 rings (SSSR count). The van der Waals surface area contributed by atoms with Crippen LogP contribution in [0.25, 0.3) is 10.1 Å². The lowest BCUT2D eigenvalue weighted by Crippen LogP contribution is -2.65. The van der Waals surface area contributed by atoms with Crippen LogP contribution in [0.15, 0.2) is 18.2 Å². The zero-order chi connectivity index (χ0) is 16.5. The highest BCUT2D eigenvalue weighted by atomic mass is 35.5. The summed E-state index contributed by atoms with van der Waals surface area (Å²) in [4.78, 5) is 15.9. The summed E-state index contributed by atoms with van der Waals surface area (Å²) in [6.07, 6.45) is 4.71. The second kappa shape index (κ2) is 5.16. The maximum Gasteiger partial charge on any atom is 0.261 e. The molecule has 126 valence electrons. The van der Waals surface area contributed by atoms with E-state index in [2.05, 4.69) is 10.2 Å². The van der Waals surface area contributed by atoms with Gasteiger partial charge >= 0.3 is 0 Å². The first-order valence-electron chi connectivity index (χ1n) is 8.52. The number of rotatable bonds is 2. The topological polar surface area (TPSA) is 32.3 Å². The van der Waals surface area contributed by atoms with Gasteiger partial charge in [0.25, 0.3) is 5.91 Å². The monoisotopic (exact) mass is 364 g/mol. The van der Waals surface area contributed by atoms with Gasteiger partial charge in [0.2, 0.25) is 0 Å². The molecule has 1 aromatic heterocycles. The minimum Gasteiger partial charge on any atom is -0.346 e. The Kier molecular flexibility index (Phi) is 3.25. The molecule has 4 heterocycles. The summed E-state index contributed by atoms with van der Waals surface area (Å²) in [5.74, 6) is 0.0819. The molecule has 4 fully saturated rings. The number of hydrogen-bond donors (Lipinski definition) is 1. The second-order valence-electron chi connectivity index (χ2n) is 7.27. The van der Waals surface area contributed by atoms with E-state index in [-0.39, 0.29) is 22.5 Å². The van der Waals surface area contributed by atoms with Crippen LogP contribution in [-0.4, -0.2) is 35.5 Å². The average molecular weight is 365 g/mol. The molecule has 0 unspecified atom stereocenters.